The average molecular weight is 252 g/mol. The molecule has 0 saturated heterocycles. The van der Waals surface area contributed by atoms with Crippen LogP contribution in [-0.4, -0.2) is 13.8 Å². The van der Waals surface area contributed by atoms with Crippen molar-refractivity contribution in [2.24, 2.45) is 3.95 Å². The first-order valence-corrected chi connectivity index (χ1v) is 5.89. The van der Waals surface area contributed by atoms with Gasteiger partial charge in [0, 0.05) is 0 Å². The third-order valence-corrected chi connectivity index (χ3v) is 4.32. The molecule has 0 aliphatic heterocycles. The van der Waals surface area contributed by atoms with Gasteiger partial charge in [0.15, 0.2) is 0 Å². The molecule has 0 aromatic heterocycles. The van der Waals surface area contributed by atoms with E-state index in [2.05, 4.69) is 7.38 Å². The maximum atomic E-state index is 10.7. The first-order valence-electron chi connectivity index (χ1n) is 1.78. The SMILES string of the molecule is COP(C)(=O)O[I-]N. The van der Waals surface area contributed by atoms with Crippen molar-refractivity contribution in [2.45, 2.75) is 0 Å². The number of hydrogen-bond donors (Lipinski definition) is 1. The Morgan fingerprint density at radius 2 is 2.25 bits per heavy atom. The van der Waals surface area contributed by atoms with E-state index in [9.17, 15) is 4.57 Å². The predicted molar refractivity (Wildman–Crippen MR) is 25.8 cm³/mol. The molecule has 0 saturated carbocycles. The molecule has 0 heterocycles. The molecule has 0 amide bonds. The Hall–Kier alpha value is 0.840. The summed E-state index contributed by atoms with van der Waals surface area (Å²) in [6, 6.07) is 0. The van der Waals surface area contributed by atoms with Gasteiger partial charge in [-0.15, -0.1) is 0 Å². The van der Waals surface area contributed by atoms with E-state index in [0.717, 1.165) is 0 Å². The second-order valence-electron chi connectivity index (χ2n) is 1.11. The Morgan fingerprint density at radius 1 is 1.75 bits per heavy atom. The molecule has 0 aliphatic rings. The minimum absolute atomic E-state index is 0.877. The molecule has 4 nitrogen and oxygen atoms in total. The molecule has 0 spiro atoms. The van der Waals surface area contributed by atoms with Crippen molar-refractivity contribution < 1.29 is 33.8 Å². The van der Waals surface area contributed by atoms with Gasteiger partial charge in [-0.25, -0.2) is 0 Å². The monoisotopic (exact) mass is 252 g/mol. The van der Waals surface area contributed by atoms with Crippen LogP contribution in [0.15, 0.2) is 0 Å². The standard InChI is InChI=1S/C2H8INO3P/c1-6-8(2,5)7-3-4/h4H2,1-2H3/q-1. The molecule has 0 fully saturated rings. The van der Waals surface area contributed by atoms with Crippen LogP contribution in [0.25, 0.3) is 0 Å². The van der Waals surface area contributed by atoms with Gasteiger partial charge >= 0.3 is 59.2 Å². The Morgan fingerprint density at radius 3 is 2.38 bits per heavy atom. The molecular formula is C2H8INO3P-. The molecule has 8 heavy (non-hydrogen) atoms. The van der Waals surface area contributed by atoms with E-state index in [1.807, 2.05) is 0 Å². The second-order valence-corrected chi connectivity index (χ2v) is 4.85. The van der Waals surface area contributed by atoms with E-state index in [1.54, 1.807) is 0 Å². The van der Waals surface area contributed by atoms with Gasteiger partial charge in [-0.3, -0.25) is 0 Å². The van der Waals surface area contributed by atoms with Gasteiger partial charge in [0.25, 0.3) is 0 Å². The summed E-state index contributed by atoms with van der Waals surface area (Å²) >= 11 is -0.877. The summed E-state index contributed by atoms with van der Waals surface area (Å²) in [7, 11) is -1.42. The van der Waals surface area contributed by atoms with Crippen LogP contribution >= 0.6 is 7.60 Å². The van der Waals surface area contributed by atoms with Gasteiger partial charge in [0.1, 0.15) is 0 Å². The Kier molecular flexibility index (Phi) is 4.19. The first kappa shape index (κ1) is 8.84. The fourth-order valence-corrected chi connectivity index (χ4v) is 2.02. The van der Waals surface area contributed by atoms with Gasteiger partial charge < -0.3 is 0 Å². The van der Waals surface area contributed by atoms with Crippen LogP contribution in [0.4, 0.5) is 0 Å². The van der Waals surface area contributed by atoms with Gasteiger partial charge in [-0.1, -0.05) is 0 Å². The van der Waals surface area contributed by atoms with Crippen molar-refractivity contribution >= 4 is 7.60 Å². The van der Waals surface area contributed by atoms with E-state index in [0.29, 0.717) is 0 Å². The van der Waals surface area contributed by atoms with Crippen molar-refractivity contribution in [3.05, 3.63) is 0 Å². The topological polar surface area (TPSA) is 61.5 Å². The summed E-state index contributed by atoms with van der Waals surface area (Å²) in [5.74, 6) is 0. The Balaban J connectivity index is 3.55. The summed E-state index contributed by atoms with van der Waals surface area (Å²) in [6.07, 6.45) is 0. The van der Waals surface area contributed by atoms with Crippen LogP contribution in [-0.2, 0) is 11.9 Å². The van der Waals surface area contributed by atoms with Gasteiger partial charge in [-0.05, 0) is 0 Å². The summed E-state index contributed by atoms with van der Waals surface area (Å²) in [6.45, 7) is 1.39. The van der Waals surface area contributed by atoms with E-state index >= 15 is 0 Å². The van der Waals surface area contributed by atoms with Crippen LogP contribution in [0, 0.1) is 0 Å². The van der Waals surface area contributed by atoms with E-state index in [-0.39, 0.29) is 0 Å². The van der Waals surface area contributed by atoms with Crippen molar-refractivity contribution in [1.29, 1.82) is 0 Å². The van der Waals surface area contributed by atoms with Crippen LogP contribution in [0.1, 0.15) is 0 Å². The van der Waals surface area contributed by atoms with Crippen molar-refractivity contribution in [2.75, 3.05) is 13.8 Å². The van der Waals surface area contributed by atoms with E-state index in [4.69, 9.17) is 3.95 Å². The van der Waals surface area contributed by atoms with Gasteiger partial charge in [0.2, 0.25) is 0 Å². The minimum atomic E-state index is -2.75. The number of nitrogens with two attached hydrogens (primary N) is 1. The van der Waals surface area contributed by atoms with Crippen LogP contribution < -0.4 is 25.8 Å². The number of hydrogen-bond acceptors (Lipinski definition) is 4. The molecule has 1 unspecified atom stereocenters. The maximum absolute atomic E-state index is 10.7. The summed E-state index contributed by atoms with van der Waals surface area (Å²) in [5, 5.41) is 0. The quantitative estimate of drug-likeness (QED) is 0.338. The van der Waals surface area contributed by atoms with Gasteiger partial charge in [-0.2, -0.15) is 0 Å². The summed E-state index contributed by atoms with van der Waals surface area (Å²) in [5.41, 5.74) is 0. The molecule has 6 heteroatoms. The normalized spacial score (nSPS) is 18.4. The fourth-order valence-electron chi connectivity index (χ4n) is 0.101. The number of halogens is 1. The van der Waals surface area contributed by atoms with Gasteiger partial charge in [0.05, 0.1) is 0 Å². The fraction of sp³-hybridized carbons (Fsp3) is 1.00. The molecule has 0 rings (SSSR count). The second kappa shape index (κ2) is 3.79. The predicted octanol–water partition coefficient (Wildman–Crippen LogP) is -2.65. The van der Waals surface area contributed by atoms with Crippen molar-refractivity contribution in [3.63, 3.8) is 0 Å². The summed E-state index contributed by atoms with van der Waals surface area (Å²) < 4.78 is 24.8. The van der Waals surface area contributed by atoms with E-state index < -0.39 is 29.5 Å². The molecule has 1 atom stereocenters. The molecule has 0 aromatic rings. The third-order valence-electron chi connectivity index (χ3n) is 0.497. The zero-order chi connectivity index (χ0) is 6.62. The molecular weight excluding hydrogens is 244 g/mol. The van der Waals surface area contributed by atoms with Crippen molar-refractivity contribution in [3.8, 4) is 0 Å². The molecule has 52 valence electrons. The number of rotatable bonds is 3. The molecule has 0 bridgehead atoms. The van der Waals surface area contributed by atoms with Crippen LogP contribution in [0.3, 0.4) is 0 Å². The summed E-state index contributed by atoms with van der Waals surface area (Å²) in [4.78, 5) is 0. The molecule has 2 N–H and O–H groups in total. The molecule has 0 aromatic carbocycles. The molecule has 0 aliphatic carbocycles. The van der Waals surface area contributed by atoms with Crippen LogP contribution in [0.5, 0.6) is 0 Å². The Bertz CT molecular complexity index is 107. The van der Waals surface area contributed by atoms with Crippen molar-refractivity contribution in [1.82, 2.24) is 0 Å². The average Bonchev–Trinajstić information content (AvgIpc) is 1.67. The first-order chi connectivity index (χ1) is 3.62. The third kappa shape index (κ3) is 3.80. The zero-order valence-electron chi connectivity index (χ0n) is 4.63. The Labute approximate surface area is 59.4 Å². The van der Waals surface area contributed by atoms with Crippen LogP contribution in [0.2, 0.25) is 0 Å². The molecule has 0 radical (unpaired) electrons. The van der Waals surface area contributed by atoms with E-state index in [1.165, 1.54) is 13.8 Å². The zero-order valence-corrected chi connectivity index (χ0v) is 7.68.